The number of thiophene rings is 1. The molecule has 0 amide bonds. The Bertz CT molecular complexity index is 525. The highest BCUT2D eigenvalue weighted by atomic mass is 32.1. The maximum absolute atomic E-state index is 3.61. The number of nitrogens with one attached hydrogen (secondary N) is 1. The molecule has 2 aromatic rings. The van der Waals surface area contributed by atoms with Gasteiger partial charge < -0.3 is 5.32 Å². The zero-order valence-corrected chi connectivity index (χ0v) is 13.1. The Balaban J connectivity index is 1.96. The molecule has 1 unspecified atom stereocenters. The molecule has 19 heavy (non-hydrogen) atoms. The zero-order chi connectivity index (χ0) is 13.8. The molecule has 0 saturated heterocycles. The molecule has 1 aromatic heterocycles. The van der Waals surface area contributed by atoms with Crippen LogP contribution in [0.3, 0.4) is 0 Å². The van der Waals surface area contributed by atoms with E-state index in [1.54, 1.807) is 0 Å². The van der Waals surface area contributed by atoms with Crippen LogP contribution in [-0.2, 0) is 13.0 Å². The fourth-order valence-electron chi connectivity index (χ4n) is 2.28. The molecule has 2 heteroatoms. The van der Waals surface area contributed by atoms with Crippen LogP contribution in [0.15, 0.2) is 30.3 Å². The predicted octanol–water partition coefficient (Wildman–Crippen LogP) is 4.78. The van der Waals surface area contributed by atoms with Gasteiger partial charge in [-0.1, -0.05) is 31.2 Å². The first kappa shape index (κ1) is 14.3. The second kappa shape index (κ2) is 6.36. The van der Waals surface area contributed by atoms with Gasteiger partial charge in [-0.15, -0.1) is 11.3 Å². The van der Waals surface area contributed by atoms with Crippen molar-refractivity contribution in [3.8, 4) is 0 Å². The Morgan fingerprint density at radius 3 is 2.37 bits per heavy atom. The average Bonchev–Trinajstić information content (AvgIpc) is 2.74. The quantitative estimate of drug-likeness (QED) is 0.827. The van der Waals surface area contributed by atoms with Crippen LogP contribution in [0.4, 0.5) is 0 Å². The molecule has 0 aliphatic heterocycles. The van der Waals surface area contributed by atoms with Gasteiger partial charge in [-0.3, -0.25) is 0 Å². The molecule has 0 aliphatic rings. The van der Waals surface area contributed by atoms with Crippen LogP contribution < -0.4 is 5.32 Å². The van der Waals surface area contributed by atoms with E-state index in [-0.39, 0.29) is 0 Å². The second-order valence-corrected chi connectivity index (χ2v) is 6.60. The maximum Gasteiger partial charge on any atom is 0.0294 e. The van der Waals surface area contributed by atoms with E-state index in [2.05, 4.69) is 63.3 Å². The molecule has 1 nitrogen and oxygen atoms in total. The van der Waals surface area contributed by atoms with Crippen molar-refractivity contribution < 1.29 is 0 Å². The molecule has 0 saturated carbocycles. The molecule has 102 valence electrons. The van der Waals surface area contributed by atoms with Gasteiger partial charge in [0.15, 0.2) is 0 Å². The summed E-state index contributed by atoms with van der Waals surface area (Å²) in [4.78, 5) is 2.83. The smallest absolute Gasteiger partial charge is 0.0294 e. The van der Waals surface area contributed by atoms with Crippen LogP contribution in [0.5, 0.6) is 0 Å². The highest BCUT2D eigenvalue weighted by Crippen LogP contribution is 2.21. The Morgan fingerprint density at radius 2 is 1.84 bits per heavy atom. The summed E-state index contributed by atoms with van der Waals surface area (Å²) in [5.41, 5.74) is 4.20. The van der Waals surface area contributed by atoms with Crippen molar-refractivity contribution in [2.75, 3.05) is 0 Å². The minimum absolute atomic E-state index is 0.394. The number of hydrogen-bond acceptors (Lipinski definition) is 2. The van der Waals surface area contributed by atoms with Crippen LogP contribution in [-0.4, -0.2) is 0 Å². The van der Waals surface area contributed by atoms with E-state index in [9.17, 15) is 0 Å². The third-order valence-electron chi connectivity index (χ3n) is 3.63. The summed E-state index contributed by atoms with van der Waals surface area (Å²) >= 11 is 1.88. The van der Waals surface area contributed by atoms with Gasteiger partial charge in [0.25, 0.3) is 0 Å². The predicted molar refractivity (Wildman–Crippen MR) is 84.9 cm³/mol. The normalized spacial score (nSPS) is 12.6. The van der Waals surface area contributed by atoms with Crippen LogP contribution >= 0.6 is 11.3 Å². The topological polar surface area (TPSA) is 12.0 Å². The summed E-state index contributed by atoms with van der Waals surface area (Å²) in [5.74, 6) is 0. The third-order valence-corrected chi connectivity index (χ3v) is 4.64. The molecule has 0 bridgehead atoms. The lowest BCUT2D eigenvalue weighted by Gasteiger charge is -2.14. The van der Waals surface area contributed by atoms with Crippen molar-refractivity contribution in [2.45, 2.75) is 46.7 Å². The minimum Gasteiger partial charge on any atom is -0.306 e. The van der Waals surface area contributed by atoms with E-state index in [1.165, 1.54) is 26.4 Å². The van der Waals surface area contributed by atoms with Crippen LogP contribution in [0.1, 0.15) is 46.3 Å². The molecule has 0 aliphatic carbocycles. The zero-order valence-electron chi connectivity index (χ0n) is 12.3. The third kappa shape index (κ3) is 3.68. The number of hydrogen-bond donors (Lipinski definition) is 1. The summed E-state index contributed by atoms with van der Waals surface area (Å²) in [6, 6.07) is 11.6. The average molecular weight is 273 g/mol. The van der Waals surface area contributed by atoms with Crippen molar-refractivity contribution >= 4 is 11.3 Å². The fraction of sp³-hybridized carbons (Fsp3) is 0.412. The Labute approximate surface area is 120 Å². The summed E-state index contributed by atoms with van der Waals surface area (Å²) in [6.45, 7) is 9.75. The number of rotatable bonds is 5. The lowest BCUT2D eigenvalue weighted by Crippen LogP contribution is -2.18. The van der Waals surface area contributed by atoms with Crippen molar-refractivity contribution in [3.63, 3.8) is 0 Å². The van der Waals surface area contributed by atoms with E-state index >= 15 is 0 Å². The van der Waals surface area contributed by atoms with Gasteiger partial charge in [-0.25, -0.2) is 0 Å². The van der Waals surface area contributed by atoms with Gasteiger partial charge in [-0.2, -0.15) is 0 Å². The lowest BCUT2D eigenvalue weighted by atomic mass is 10.0. The highest BCUT2D eigenvalue weighted by molar-refractivity contribution is 7.12. The molecule has 1 N–H and O–H groups in total. The molecule has 0 fully saturated rings. The Morgan fingerprint density at radius 1 is 1.16 bits per heavy atom. The second-order valence-electron chi connectivity index (χ2n) is 5.14. The van der Waals surface area contributed by atoms with Crippen molar-refractivity contribution in [1.82, 2.24) is 5.32 Å². The molecule has 0 spiro atoms. The molecule has 1 atom stereocenters. The SMILES string of the molecule is CCc1ccc(C(C)NCc2cc(C)sc2C)cc1. The van der Waals surface area contributed by atoms with Gasteiger partial charge in [0.1, 0.15) is 0 Å². The number of benzene rings is 1. The molecular formula is C17H23NS. The van der Waals surface area contributed by atoms with E-state index in [4.69, 9.17) is 0 Å². The van der Waals surface area contributed by atoms with Crippen molar-refractivity contribution in [3.05, 3.63) is 56.8 Å². The lowest BCUT2D eigenvalue weighted by molar-refractivity contribution is 0.574. The maximum atomic E-state index is 3.61. The summed E-state index contributed by atoms with van der Waals surface area (Å²) in [6.07, 6.45) is 1.11. The molecule has 1 heterocycles. The fourth-order valence-corrected chi connectivity index (χ4v) is 3.23. The monoisotopic (exact) mass is 273 g/mol. The molecule has 1 aromatic carbocycles. The van der Waals surface area contributed by atoms with Crippen molar-refractivity contribution in [1.29, 1.82) is 0 Å². The van der Waals surface area contributed by atoms with Gasteiger partial charge in [-0.05, 0) is 49.9 Å². The Kier molecular flexibility index (Phi) is 4.78. The minimum atomic E-state index is 0.394. The van der Waals surface area contributed by atoms with Gasteiger partial charge >= 0.3 is 0 Å². The van der Waals surface area contributed by atoms with Gasteiger partial charge in [0.05, 0.1) is 0 Å². The molecule has 2 rings (SSSR count). The first-order valence-corrected chi connectivity index (χ1v) is 7.80. The van der Waals surface area contributed by atoms with Crippen LogP contribution in [0.2, 0.25) is 0 Å². The van der Waals surface area contributed by atoms with E-state index in [0.29, 0.717) is 6.04 Å². The van der Waals surface area contributed by atoms with Crippen molar-refractivity contribution in [2.24, 2.45) is 0 Å². The molecule has 0 radical (unpaired) electrons. The standard InChI is InChI=1S/C17H23NS/c1-5-15-6-8-16(9-7-15)13(3)18-11-17-10-12(2)19-14(17)4/h6-10,13,18H,5,11H2,1-4H3. The summed E-state index contributed by atoms with van der Waals surface area (Å²) < 4.78 is 0. The van der Waals surface area contributed by atoms with Crippen LogP contribution in [0, 0.1) is 13.8 Å². The van der Waals surface area contributed by atoms with E-state index < -0.39 is 0 Å². The van der Waals surface area contributed by atoms with Crippen LogP contribution in [0.25, 0.3) is 0 Å². The Hall–Kier alpha value is -1.12. The largest absolute Gasteiger partial charge is 0.306 e. The number of aryl methyl sites for hydroxylation is 3. The van der Waals surface area contributed by atoms with E-state index in [0.717, 1.165) is 13.0 Å². The van der Waals surface area contributed by atoms with Gasteiger partial charge in [0.2, 0.25) is 0 Å². The van der Waals surface area contributed by atoms with Gasteiger partial charge in [0, 0.05) is 22.3 Å². The summed E-state index contributed by atoms with van der Waals surface area (Å²) in [7, 11) is 0. The summed E-state index contributed by atoms with van der Waals surface area (Å²) in [5, 5.41) is 3.61. The first-order valence-electron chi connectivity index (χ1n) is 6.98. The highest BCUT2D eigenvalue weighted by Gasteiger charge is 2.07. The first-order chi connectivity index (χ1) is 9.10. The molecular weight excluding hydrogens is 250 g/mol. The van der Waals surface area contributed by atoms with E-state index in [1.807, 2.05) is 11.3 Å².